The Labute approximate surface area is 139 Å². The molecule has 0 radical (unpaired) electrons. The molecule has 0 aromatic rings. The van der Waals surface area contributed by atoms with Crippen LogP contribution in [0.15, 0.2) is 0 Å². The second kappa shape index (κ2) is 5.36. The summed E-state index contributed by atoms with van der Waals surface area (Å²) in [5.41, 5.74) is -0.712. The summed E-state index contributed by atoms with van der Waals surface area (Å²) in [6.45, 7) is 5.58. The third-order valence-electron chi connectivity index (χ3n) is 5.64. The first-order chi connectivity index (χ1) is 10.5. The zero-order chi connectivity index (χ0) is 17.0. The first-order valence-electron chi connectivity index (χ1n) is 8.66. The van der Waals surface area contributed by atoms with Gasteiger partial charge in [-0.3, -0.25) is 0 Å². The predicted octanol–water partition coefficient (Wildman–Crippen LogP) is 3.40. The van der Waals surface area contributed by atoms with Crippen molar-refractivity contribution in [3.63, 3.8) is 0 Å². The fraction of sp³-hybridized carbons (Fsp3) is 0.941. The van der Waals surface area contributed by atoms with E-state index in [1.54, 1.807) is 20.8 Å². The van der Waals surface area contributed by atoms with Crippen LogP contribution in [0.1, 0.15) is 59.3 Å². The molecule has 0 spiro atoms. The van der Waals surface area contributed by atoms with Crippen molar-refractivity contribution in [1.82, 2.24) is 4.31 Å². The second-order valence-electron chi connectivity index (χ2n) is 9.17. The lowest BCUT2D eigenvalue weighted by Gasteiger charge is -2.57. The summed E-state index contributed by atoms with van der Waals surface area (Å²) >= 11 is 0. The van der Waals surface area contributed by atoms with Crippen molar-refractivity contribution in [1.29, 1.82) is 0 Å². The van der Waals surface area contributed by atoms with Gasteiger partial charge in [0.2, 0.25) is 10.0 Å². The van der Waals surface area contributed by atoms with Crippen LogP contribution in [0.4, 0.5) is 4.79 Å². The topological polar surface area (TPSA) is 63.7 Å². The molecule has 4 bridgehead atoms. The third kappa shape index (κ3) is 3.67. The molecular formula is C17H29NO4S. The fourth-order valence-corrected chi connectivity index (χ4v) is 6.23. The van der Waals surface area contributed by atoms with Crippen molar-refractivity contribution in [3.8, 4) is 0 Å². The minimum absolute atomic E-state index is 0.0191. The van der Waals surface area contributed by atoms with Gasteiger partial charge >= 0.3 is 6.09 Å². The molecule has 0 aromatic heterocycles. The molecule has 1 amide bonds. The summed E-state index contributed by atoms with van der Waals surface area (Å²) in [4.78, 5) is 12.5. The Hall–Kier alpha value is -0.780. The molecule has 0 aliphatic heterocycles. The molecular weight excluding hydrogens is 314 g/mol. The Balaban J connectivity index is 1.81. The third-order valence-corrected chi connectivity index (χ3v) is 6.72. The van der Waals surface area contributed by atoms with E-state index >= 15 is 0 Å². The van der Waals surface area contributed by atoms with Crippen molar-refractivity contribution in [2.45, 2.75) is 64.9 Å². The van der Waals surface area contributed by atoms with Gasteiger partial charge in [0.15, 0.2) is 0 Å². The van der Waals surface area contributed by atoms with Gasteiger partial charge in [-0.05, 0) is 82.5 Å². The zero-order valence-corrected chi connectivity index (χ0v) is 15.5. The maximum atomic E-state index is 12.5. The Morgan fingerprint density at radius 2 is 1.52 bits per heavy atom. The number of sulfonamides is 1. The molecule has 4 saturated carbocycles. The molecule has 5 nitrogen and oxygen atoms in total. The number of hydrogen-bond acceptors (Lipinski definition) is 4. The van der Waals surface area contributed by atoms with E-state index in [0.29, 0.717) is 6.54 Å². The van der Waals surface area contributed by atoms with E-state index in [4.69, 9.17) is 4.74 Å². The van der Waals surface area contributed by atoms with Gasteiger partial charge in [0.05, 0.1) is 6.26 Å². The van der Waals surface area contributed by atoms with Gasteiger partial charge in [-0.15, -0.1) is 0 Å². The summed E-state index contributed by atoms with van der Waals surface area (Å²) in [5, 5.41) is 0. The summed E-state index contributed by atoms with van der Waals surface area (Å²) in [6.07, 6.45) is 7.46. The smallest absolute Gasteiger partial charge is 0.424 e. The average Bonchev–Trinajstić information content (AvgIpc) is 2.30. The van der Waals surface area contributed by atoms with E-state index in [0.717, 1.165) is 47.6 Å². The molecule has 0 aromatic carbocycles. The molecule has 23 heavy (non-hydrogen) atoms. The largest absolute Gasteiger partial charge is 0.443 e. The molecule has 0 saturated heterocycles. The van der Waals surface area contributed by atoms with Gasteiger partial charge in [0.1, 0.15) is 5.60 Å². The van der Waals surface area contributed by atoms with Crippen LogP contribution < -0.4 is 0 Å². The minimum Gasteiger partial charge on any atom is -0.443 e. The van der Waals surface area contributed by atoms with Crippen LogP contribution in [0.2, 0.25) is 0 Å². The molecule has 4 aliphatic rings. The van der Waals surface area contributed by atoms with Gasteiger partial charge < -0.3 is 4.74 Å². The van der Waals surface area contributed by atoms with Gasteiger partial charge in [-0.25, -0.2) is 17.5 Å². The van der Waals surface area contributed by atoms with Crippen LogP contribution in [-0.2, 0) is 14.8 Å². The lowest BCUT2D eigenvalue weighted by Crippen LogP contribution is -2.53. The molecule has 0 heterocycles. The van der Waals surface area contributed by atoms with Gasteiger partial charge in [0, 0.05) is 6.54 Å². The van der Waals surface area contributed by atoms with E-state index in [9.17, 15) is 13.2 Å². The molecule has 132 valence electrons. The first-order valence-corrected chi connectivity index (χ1v) is 10.5. The van der Waals surface area contributed by atoms with Gasteiger partial charge in [0.25, 0.3) is 0 Å². The van der Waals surface area contributed by atoms with Crippen LogP contribution in [0.25, 0.3) is 0 Å². The molecule has 6 heteroatoms. The van der Waals surface area contributed by atoms with Crippen molar-refractivity contribution < 1.29 is 17.9 Å². The number of ether oxygens (including phenoxy) is 1. The van der Waals surface area contributed by atoms with E-state index in [2.05, 4.69) is 0 Å². The summed E-state index contributed by atoms with van der Waals surface area (Å²) in [6, 6.07) is 0. The van der Waals surface area contributed by atoms with Crippen molar-refractivity contribution in [2.75, 3.05) is 12.8 Å². The van der Waals surface area contributed by atoms with Crippen molar-refractivity contribution >= 4 is 16.1 Å². The highest BCUT2D eigenvalue weighted by molar-refractivity contribution is 7.88. The Bertz CT molecular complexity index is 555. The molecule has 4 fully saturated rings. The lowest BCUT2D eigenvalue weighted by atomic mass is 9.49. The summed E-state index contributed by atoms with van der Waals surface area (Å²) in [5.74, 6) is 2.17. The minimum atomic E-state index is -3.62. The number of carbonyl (C=O) groups is 1. The Kier molecular flexibility index (Phi) is 3.98. The van der Waals surface area contributed by atoms with Crippen LogP contribution >= 0.6 is 0 Å². The van der Waals surface area contributed by atoms with Crippen LogP contribution in [0.5, 0.6) is 0 Å². The van der Waals surface area contributed by atoms with E-state index in [-0.39, 0.29) is 5.41 Å². The summed E-state index contributed by atoms with van der Waals surface area (Å²) < 4.78 is 30.8. The van der Waals surface area contributed by atoms with Crippen molar-refractivity contribution in [2.24, 2.45) is 23.2 Å². The maximum Gasteiger partial charge on any atom is 0.424 e. The first kappa shape index (κ1) is 17.1. The maximum absolute atomic E-state index is 12.5. The zero-order valence-electron chi connectivity index (χ0n) is 14.7. The van der Waals surface area contributed by atoms with E-state index < -0.39 is 21.7 Å². The predicted molar refractivity (Wildman–Crippen MR) is 88.4 cm³/mol. The second-order valence-corrected chi connectivity index (χ2v) is 11.1. The molecule has 0 unspecified atom stereocenters. The Morgan fingerprint density at radius 1 is 1.09 bits per heavy atom. The molecule has 0 N–H and O–H groups in total. The highest BCUT2D eigenvalue weighted by Gasteiger charge is 2.52. The Morgan fingerprint density at radius 3 is 1.87 bits per heavy atom. The van der Waals surface area contributed by atoms with Crippen LogP contribution in [0, 0.1) is 23.2 Å². The number of rotatable bonds is 3. The number of nitrogens with zero attached hydrogens (tertiary/aromatic N) is 1. The highest BCUT2D eigenvalue weighted by atomic mass is 32.2. The number of carbonyl (C=O) groups excluding carboxylic acids is 1. The van der Waals surface area contributed by atoms with Crippen LogP contribution in [-0.4, -0.2) is 37.2 Å². The van der Waals surface area contributed by atoms with Crippen LogP contribution in [0.3, 0.4) is 0 Å². The van der Waals surface area contributed by atoms with Gasteiger partial charge in [-0.2, -0.15) is 0 Å². The molecule has 4 aliphatic carbocycles. The van der Waals surface area contributed by atoms with E-state index in [1.165, 1.54) is 19.3 Å². The normalized spacial score (nSPS) is 36.1. The average molecular weight is 343 g/mol. The van der Waals surface area contributed by atoms with Crippen molar-refractivity contribution in [3.05, 3.63) is 0 Å². The standard InChI is InChI=1S/C17H29NO4S/c1-16(2,3)22-15(19)18(23(4,20)21)11-17-8-12-5-13(9-17)7-14(6-12)10-17/h12-14H,5-11H2,1-4H3. The monoisotopic (exact) mass is 343 g/mol. The lowest BCUT2D eigenvalue weighted by molar-refractivity contribution is -0.0617. The quantitative estimate of drug-likeness (QED) is 0.788. The molecule has 4 rings (SSSR count). The van der Waals surface area contributed by atoms with Gasteiger partial charge in [-0.1, -0.05) is 0 Å². The fourth-order valence-electron chi connectivity index (χ4n) is 5.42. The number of hydrogen-bond donors (Lipinski definition) is 0. The molecule has 0 atom stereocenters. The van der Waals surface area contributed by atoms with E-state index in [1.807, 2.05) is 0 Å². The summed E-state index contributed by atoms with van der Waals surface area (Å²) in [7, 11) is -3.62. The number of amides is 1. The highest BCUT2D eigenvalue weighted by Crippen LogP contribution is 2.60. The SMILES string of the molecule is CC(C)(C)OC(=O)N(CC12CC3CC(CC(C3)C1)C2)S(C)(=O)=O.